The van der Waals surface area contributed by atoms with Gasteiger partial charge in [0.25, 0.3) is 0 Å². The number of aliphatic hydroxyl groups excluding tert-OH is 1. The van der Waals surface area contributed by atoms with E-state index < -0.39 is 0 Å². The van der Waals surface area contributed by atoms with E-state index >= 15 is 0 Å². The van der Waals surface area contributed by atoms with Gasteiger partial charge in [0.2, 0.25) is 0 Å². The topological polar surface area (TPSA) is 20.2 Å². The lowest BCUT2D eigenvalue weighted by molar-refractivity contribution is 0.273. The molecule has 2 heteroatoms. The van der Waals surface area contributed by atoms with Crippen LogP contribution in [-0.2, 0) is 0 Å². The molecule has 2 rings (SSSR count). The fraction of sp³-hybridized carbons (Fsp3) is 0.500. The summed E-state index contributed by atoms with van der Waals surface area (Å²) in [5, 5.41) is 9.09. The minimum absolute atomic E-state index is 0.228. The number of halogens is 1. The Labute approximate surface area is 93.3 Å². The van der Waals surface area contributed by atoms with Crippen molar-refractivity contribution in [2.75, 3.05) is 6.61 Å². The molecule has 1 unspecified atom stereocenters. The standard InChI is InChI=1S/C12H15BrO/c1-8(7-14)10-4-5-12(13)11(6-10)9-2-3-9/h4-6,8-9,14H,2-3,7H2,1H3. The Hall–Kier alpha value is -0.340. The zero-order valence-corrected chi connectivity index (χ0v) is 9.92. The number of hydrogen-bond donors (Lipinski definition) is 1. The Kier molecular flexibility index (Phi) is 2.93. The van der Waals surface area contributed by atoms with Crippen molar-refractivity contribution in [1.82, 2.24) is 0 Å². The average molecular weight is 255 g/mol. The van der Waals surface area contributed by atoms with Crippen molar-refractivity contribution in [3.63, 3.8) is 0 Å². The van der Waals surface area contributed by atoms with Crippen LogP contribution in [0, 0.1) is 0 Å². The average Bonchev–Trinajstić information content (AvgIpc) is 3.01. The first-order valence-corrected chi connectivity index (χ1v) is 5.92. The summed E-state index contributed by atoms with van der Waals surface area (Å²) in [5.41, 5.74) is 2.67. The number of hydrogen-bond acceptors (Lipinski definition) is 1. The molecule has 0 heterocycles. The second-order valence-electron chi connectivity index (χ2n) is 4.14. The Morgan fingerprint density at radius 2 is 2.21 bits per heavy atom. The van der Waals surface area contributed by atoms with Crippen molar-refractivity contribution in [3.8, 4) is 0 Å². The minimum atomic E-state index is 0.228. The van der Waals surface area contributed by atoms with Crippen LogP contribution in [0.2, 0.25) is 0 Å². The molecule has 0 bridgehead atoms. The fourth-order valence-corrected chi connectivity index (χ4v) is 2.25. The summed E-state index contributed by atoms with van der Waals surface area (Å²) in [4.78, 5) is 0. The van der Waals surface area contributed by atoms with E-state index in [9.17, 15) is 0 Å². The predicted octanol–water partition coefficient (Wildman–Crippen LogP) is 3.42. The Balaban J connectivity index is 2.30. The van der Waals surface area contributed by atoms with Crippen LogP contribution in [-0.4, -0.2) is 11.7 Å². The maximum atomic E-state index is 9.09. The van der Waals surface area contributed by atoms with Gasteiger partial charge in [-0.2, -0.15) is 0 Å². The van der Waals surface area contributed by atoms with Gasteiger partial charge in [-0.15, -0.1) is 0 Å². The van der Waals surface area contributed by atoms with E-state index in [2.05, 4.69) is 41.1 Å². The number of aliphatic hydroxyl groups is 1. The first kappa shape index (κ1) is 10.2. The second-order valence-corrected chi connectivity index (χ2v) is 4.99. The second kappa shape index (κ2) is 4.03. The SMILES string of the molecule is CC(CO)c1ccc(Br)c(C2CC2)c1. The molecular formula is C12H15BrO. The van der Waals surface area contributed by atoms with Crippen LogP contribution in [0.5, 0.6) is 0 Å². The van der Waals surface area contributed by atoms with E-state index in [-0.39, 0.29) is 12.5 Å². The maximum Gasteiger partial charge on any atom is 0.0497 e. The van der Waals surface area contributed by atoms with Crippen LogP contribution in [0.3, 0.4) is 0 Å². The monoisotopic (exact) mass is 254 g/mol. The fourth-order valence-electron chi connectivity index (χ4n) is 1.68. The van der Waals surface area contributed by atoms with Crippen LogP contribution in [0.25, 0.3) is 0 Å². The van der Waals surface area contributed by atoms with Gasteiger partial charge in [0.05, 0.1) is 0 Å². The summed E-state index contributed by atoms with van der Waals surface area (Å²) in [5.74, 6) is 1.01. The summed E-state index contributed by atoms with van der Waals surface area (Å²) in [7, 11) is 0. The molecule has 1 nitrogen and oxygen atoms in total. The summed E-state index contributed by atoms with van der Waals surface area (Å²) >= 11 is 3.58. The lowest BCUT2D eigenvalue weighted by atomic mass is 9.98. The predicted molar refractivity (Wildman–Crippen MR) is 61.6 cm³/mol. The lowest BCUT2D eigenvalue weighted by Crippen LogP contribution is -1.99. The highest BCUT2D eigenvalue weighted by Gasteiger charge is 2.25. The molecule has 0 spiro atoms. The van der Waals surface area contributed by atoms with Crippen molar-refractivity contribution in [2.24, 2.45) is 0 Å². The highest BCUT2D eigenvalue weighted by molar-refractivity contribution is 9.10. The highest BCUT2D eigenvalue weighted by Crippen LogP contribution is 2.44. The third kappa shape index (κ3) is 2.01. The van der Waals surface area contributed by atoms with Gasteiger partial charge in [0, 0.05) is 17.0 Å². The quantitative estimate of drug-likeness (QED) is 0.877. The molecule has 0 saturated heterocycles. The minimum Gasteiger partial charge on any atom is -0.396 e. The summed E-state index contributed by atoms with van der Waals surface area (Å²) in [6.45, 7) is 2.28. The Bertz CT molecular complexity index is 331. The van der Waals surface area contributed by atoms with Crippen LogP contribution < -0.4 is 0 Å². The molecule has 14 heavy (non-hydrogen) atoms. The van der Waals surface area contributed by atoms with E-state index in [1.165, 1.54) is 28.4 Å². The molecule has 1 saturated carbocycles. The van der Waals surface area contributed by atoms with Gasteiger partial charge in [0.1, 0.15) is 0 Å². The third-order valence-corrected chi connectivity index (χ3v) is 3.60. The van der Waals surface area contributed by atoms with Crippen molar-refractivity contribution >= 4 is 15.9 Å². The first-order chi connectivity index (χ1) is 6.72. The molecule has 76 valence electrons. The molecule has 0 aromatic heterocycles. The van der Waals surface area contributed by atoms with Gasteiger partial charge in [-0.05, 0) is 36.0 Å². The first-order valence-electron chi connectivity index (χ1n) is 5.12. The van der Waals surface area contributed by atoms with Gasteiger partial charge in [-0.25, -0.2) is 0 Å². The molecule has 1 fully saturated rings. The van der Waals surface area contributed by atoms with E-state index in [1.54, 1.807) is 0 Å². The largest absolute Gasteiger partial charge is 0.396 e. The number of rotatable bonds is 3. The van der Waals surface area contributed by atoms with Crippen molar-refractivity contribution in [3.05, 3.63) is 33.8 Å². The molecule has 1 atom stereocenters. The molecule has 1 aromatic rings. The normalized spacial score (nSPS) is 18.2. The summed E-state index contributed by atoms with van der Waals surface area (Å²) in [6.07, 6.45) is 2.63. The van der Waals surface area contributed by atoms with Crippen molar-refractivity contribution in [1.29, 1.82) is 0 Å². The van der Waals surface area contributed by atoms with Crippen molar-refractivity contribution in [2.45, 2.75) is 31.6 Å². The van der Waals surface area contributed by atoms with E-state index in [0.717, 1.165) is 5.92 Å². The van der Waals surface area contributed by atoms with Gasteiger partial charge in [-0.3, -0.25) is 0 Å². The summed E-state index contributed by atoms with van der Waals surface area (Å²) < 4.78 is 1.22. The zero-order valence-electron chi connectivity index (χ0n) is 8.33. The summed E-state index contributed by atoms with van der Waals surface area (Å²) in [6, 6.07) is 6.44. The number of benzene rings is 1. The maximum absolute atomic E-state index is 9.09. The Morgan fingerprint density at radius 3 is 2.79 bits per heavy atom. The molecule has 1 aromatic carbocycles. The van der Waals surface area contributed by atoms with E-state index in [1.807, 2.05) is 0 Å². The highest BCUT2D eigenvalue weighted by atomic mass is 79.9. The Morgan fingerprint density at radius 1 is 1.50 bits per heavy atom. The van der Waals surface area contributed by atoms with Gasteiger partial charge < -0.3 is 5.11 Å². The van der Waals surface area contributed by atoms with E-state index in [4.69, 9.17) is 5.11 Å². The van der Waals surface area contributed by atoms with Gasteiger partial charge in [0.15, 0.2) is 0 Å². The van der Waals surface area contributed by atoms with Crippen LogP contribution in [0.4, 0.5) is 0 Å². The third-order valence-electron chi connectivity index (χ3n) is 2.88. The smallest absolute Gasteiger partial charge is 0.0497 e. The molecule has 0 amide bonds. The molecule has 0 radical (unpaired) electrons. The zero-order chi connectivity index (χ0) is 10.1. The van der Waals surface area contributed by atoms with Gasteiger partial charge >= 0.3 is 0 Å². The molecule has 1 aliphatic rings. The van der Waals surface area contributed by atoms with Crippen molar-refractivity contribution < 1.29 is 5.11 Å². The lowest BCUT2D eigenvalue weighted by Gasteiger charge is -2.11. The molecule has 1 N–H and O–H groups in total. The molecular weight excluding hydrogens is 240 g/mol. The molecule has 0 aliphatic heterocycles. The van der Waals surface area contributed by atoms with Gasteiger partial charge in [-0.1, -0.05) is 35.0 Å². The van der Waals surface area contributed by atoms with Crippen LogP contribution in [0.1, 0.15) is 42.7 Å². The molecule has 1 aliphatic carbocycles. The van der Waals surface area contributed by atoms with Crippen LogP contribution >= 0.6 is 15.9 Å². The van der Waals surface area contributed by atoms with E-state index in [0.29, 0.717) is 0 Å². The van der Waals surface area contributed by atoms with Crippen LogP contribution in [0.15, 0.2) is 22.7 Å².